The topological polar surface area (TPSA) is 98.4 Å². The Morgan fingerprint density at radius 3 is 2.77 bits per heavy atom. The van der Waals surface area contributed by atoms with Crippen molar-refractivity contribution in [1.82, 2.24) is 9.97 Å². The molecule has 9 heteroatoms. The van der Waals surface area contributed by atoms with Crippen LogP contribution in [0.25, 0.3) is 0 Å². The van der Waals surface area contributed by atoms with Crippen LogP contribution in [-0.2, 0) is 14.6 Å². The van der Waals surface area contributed by atoms with Crippen LogP contribution in [-0.4, -0.2) is 44.4 Å². The molecule has 2 heterocycles. The molecule has 1 saturated heterocycles. The summed E-state index contributed by atoms with van der Waals surface area (Å²) >= 11 is 6.41. The molecule has 2 N–H and O–H groups in total. The SMILES string of the molecule is Cc1cc(N2CCCOCC2c2cc(S(C)(=O)=O)ccc2Cl)nc(N)n1. The van der Waals surface area contributed by atoms with Gasteiger partial charge in [0.05, 0.1) is 17.5 Å². The summed E-state index contributed by atoms with van der Waals surface area (Å²) in [5, 5.41) is 0.483. The van der Waals surface area contributed by atoms with Crippen LogP contribution in [0.1, 0.15) is 23.7 Å². The van der Waals surface area contributed by atoms with E-state index in [1.165, 1.54) is 12.3 Å². The number of sulfone groups is 1. The van der Waals surface area contributed by atoms with Gasteiger partial charge in [0.2, 0.25) is 5.95 Å². The van der Waals surface area contributed by atoms with E-state index in [9.17, 15) is 8.42 Å². The zero-order valence-corrected chi connectivity index (χ0v) is 16.2. The van der Waals surface area contributed by atoms with Crippen molar-refractivity contribution >= 4 is 33.2 Å². The van der Waals surface area contributed by atoms with Crippen LogP contribution in [0.5, 0.6) is 0 Å². The number of aryl methyl sites for hydroxylation is 1. The Bertz CT molecular complexity index is 900. The summed E-state index contributed by atoms with van der Waals surface area (Å²) in [5.74, 6) is 0.867. The van der Waals surface area contributed by atoms with E-state index in [1.54, 1.807) is 12.1 Å². The van der Waals surface area contributed by atoms with Crippen LogP contribution in [0.4, 0.5) is 11.8 Å². The zero-order chi connectivity index (χ0) is 18.9. The van der Waals surface area contributed by atoms with Gasteiger partial charge in [0.25, 0.3) is 0 Å². The average Bonchev–Trinajstić information content (AvgIpc) is 2.79. The number of halogens is 1. The molecule has 0 amide bonds. The lowest BCUT2D eigenvalue weighted by atomic mass is 10.1. The fourth-order valence-electron chi connectivity index (χ4n) is 3.04. The van der Waals surface area contributed by atoms with Crippen molar-refractivity contribution < 1.29 is 13.2 Å². The molecule has 26 heavy (non-hydrogen) atoms. The molecule has 1 unspecified atom stereocenters. The van der Waals surface area contributed by atoms with Crippen LogP contribution in [0, 0.1) is 6.92 Å². The highest BCUT2D eigenvalue weighted by atomic mass is 35.5. The Kier molecular flexibility index (Phi) is 5.36. The summed E-state index contributed by atoms with van der Waals surface area (Å²) in [4.78, 5) is 10.7. The predicted octanol–water partition coefficient (Wildman–Crippen LogP) is 2.39. The molecule has 1 atom stereocenters. The third-order valence-corrected chi connectivity index (χ3v) is 5.70. The maximum absolute atomic E-state index is 12.0. The van der Waals surface area contributed by atoms with Gasteiger partial charge in [-0.1, -0.05) is 11.6 Å². The number of hydrogen-bond donors (Lipinski definition) is 1. The van der Waals surface area contributed by atoms with Crippen molar-refractivity contribution in [3.05, 3.63) is 40.5 Å². The highest BCUT2D eigenvalue weighted by Gasteiger charge is 2.28. The normalized spacial score (nSPS) is 18.6. The first-order valence-corrected chi connectivity index (χ1v) is 10.5. The summed E-state index contributed by atoms with van der Waals surface area (Å²) in [6.07, 6.45) is 1.98. The van der Waals surface area contributed by atoms with E-state index in [1.807, 2.05) is 17.9 Å². The molecule has 140 valence electrons. The van der Waals surface area contributed by atoms with Gasteiger partial charge in [0.1, 0.15) is 5.82 Å². The number of benzene rings is 1. The number of anilines is 2. The third kappa shape index (κ3) is 4.08. The zero-order valence-electron chi connectivity index (χ0n) is 14.6. The third-order valence-electron chi connectivity index (χ3n) is 4.25. The number of nitrogens with zero attached hydrogens (tertiary/aromatic N) is 3. The van der Waals surface area contributed by atoms with Gasteiger partial charge in [-0.05, 0) is 37.1 Å². The molecule has 3 rings (SSSR count). The van der Waals surface area contributed by atoms with Gasteiger partial charge in [0.15, 0.2) is 9.84 Å². The summed E-state index contributed by atoms with van der Waals surface area (Å²) in [5.41, 5.74) is 7.26. The molecule has 1 aliphatic rings. The number of nitrogen functional groups attached to an aromatic ring is 1. The van der Waals surface area contributed by atoms with Gasteiger partial charge < -0.3 is 15.4 Å². The van der Waals surface area contributed by atoms with E-state index >= 15 is 0 Å². The minimum Gasteiger partial charge on any atom is -0.379 e. The summed E-state index contributed by atoms with van der Waals surface area (Å²) in [7, 11) is -3.35. The van der Waals surface area contributed by atoms with Gasteiger partial charge in [0, 0.05) is 36.2 Å². The number of hydrogen-bond acceptors (Lipinski definition) is 7. The number of rotatable bonds is 3. The lowest BCUT2D eigenvalue weighted by Crippen LogP contribution is -2.32. The minimum atomic E-state index is -3.35. The van der Waals surface area contributed by atoms with Gasteiger partial charge in [-0.2, -0.15) is 4.98 Å². The maximum atomic E-state index is 12.0. The quantitative estimate of drug-likeness (QED) is 0.850. The largest absolute Gasteiger partial charge is 0.379 e. The second kappa shape index (κ2) is 7.38. The van der Waals surface area contributed by atoms with E-state index in [2.05, 4.69) is 9.97 Å². The molecule has 1 aromatic carbocycles. The van der Waals surface area contributed by atoms with Gasteiger partial charge in [-0.3, -0.25) is 0 Å². The Hall–Kier alpha value is -1.90. The molecule has 1 aliphatic heterocycles. The molecule has 0 saturated carbocycles. The Labute approximate surface area is 158 Å². The predicted molar refractivity (Wildman–Crippen MR) is 101 cm³/mol. The van der Waals surface area contributed by atoms with Crippen LogP contribution >= 0.6 is 11.6 Å². The summed E-state index contributed by atoms with van der Waals surface area (Å²) < 4.78 is 29.7. The van der Waals surface area contributed by atoms with Crippen LogP contribution in [0.2, 0.25) is 5.02 Å². The molecule has 0 bridgehead atoms. The summed E-state index contributed by atoms with van der Waals surface area (Å²) in [6, 6.07) is 6.30. The van der Waals surface area contributed by atoms with E-state index in [4.69, 9.17) is 22.1 Å². The lowest BCUT2D eigenvalue weighted by molar-refractivity contribution is 0.134. The highest BCUT2D eigenvalue weighted by molar-refractivity contribution is 7.90. The Morgan fingerprint density at radius 2 is 2.08 bits per heavy atom. The molecule has 0 spiro atoms. The Morgan fingerprint density at radius 1 is 1.31 bits per heavy atom. The molecule has 0 radical (unpaired) electrons. The second-order valence-corrected chi connectivity index (χ2v) is 8.74. The van der Waals surface area contributed by atoms with Crippen LogP contribution in [0.15, 0.2) is 29.2 Å². The van der Waals surface area contributed by atoms with Crippen molar-refractivity contribution in [2.45, 2.75) is 24.3 Å². The molecule has 1 aromatic heterocycles. The first-order chi connectivity index (χ1) is 12.3. The number of aromatic nitrogens is 2. The van der Waals surface area contributed by atoms with Crippen molar-refractivity contribution in [1.29, 1.82) is 0 Å². The van der Waals surface area contributed by atoms with Gasteiger partial charge >= 0.3 is 0 Å². The number of ether oxygens (including phenoxy) is 1. The van der Waals surface area contributed by atoms with Crippen LogP contribution in [0.3, 0.4) is 0 Å². The first-order valence-electron chi connectivity index (χ1n) is 8.21. The lowest BCUT2D eigenvalue weighted by Gasteiger charge is -2.31. The molecule has 7 nitrogen and oxygen atoms in total. The Balaban J connectivity index is 2.10. The van der Waals surface area contributed by atoms with Crippen LogP contribution < -0.4 is 10.6 Å². The fraction of sp³-hybridized carbons (Fsp3) is 0.412. The van der Waals surface area contributed by atoms with Crippen molar-refractivity contribution in [3.63, 3.8) is 0 Å². The van der Waals surface area contributed by atoms with E-state index < -0.39 is 9.84 Å². The summed E-state index contributed by atoms with van der Waals surface area (Å²) in [6.45, 7) is 3.51. The molecule has 2 aromatic rings. The molecule has 0 aliphatic carbocycles. The minimum absolute atomic E-state index is 0.194. The monoisotopic (exact) mass is 396 g/mol. The maximum Gasteiger partial charge on any atom is 0.222 e. The molecular weight excluding hydrogens is 376 g/mol. The number of nitrogens with two attached hydrogens (primary N) is 1. The molecule has 1 fully saturated rings. The van der Waals surface area contributed by atoms with Gasteiger partial charge in [-0.15, -0.1) is 0 Å². The van der Waals surface area contributed by atoms with Crippen molar-refractivity contribution in [2.75, 3.05) is 36.6 Å². The first kappa shape index (κ1) is 18.9. The van der Waals surface area contributed by atoms with Crippen molar-refractivity contribution in [2.24, 2.45) is 0 Å². The van der Waals surface area contributed by atoms with E-state index in [0.717, 1.165) is 12.1 Å². The van der Waals surface area contributed by atoms with E-state index in [0.29, 0.717) is 36.2 Å². The van der Waals surface area contributed by atoms with E-state index in [-0.39, 0.29) is 16.9 Å². The highest BCUT2D eigenvalue weighted by Crippen LogP contribution is 2.34. The van der Waals surface area contributed by atoms with Gasteiger partial charge in [-0.25, -0.2) is 13.4 Å². The smallest absolute Gasteiger partial charge is 0.222 e. The second-order valence-electron chi connectivity index (χ2n) is 6.32. The van der Waals surface area contributed by atoms with Crippen molar-refractivity contribution in [3.8, 4) is 0 Å². The standard InChI is InChI=1S/C17H21ClN4O3S/c1-11-8-16(21-17(19)20-11)22-6-3-7-25-10-15(22)13-9-12(26(2,23)24)4-5-14(13)18/h4-5,8-9,15H,3,6-7,10H2,1-2H3,(H2,19,20,21). The molecular formula is C17H21ClN4O3S. The fourth-order valence-corrected chi connectivity index (χ4v) is 3.94. The average molecular weight is 397 g/mol.